The lowest BCUT2D eigenvalue weighted by atomic mass is 9.79. The molecule has 1 aromatic carbocycles. The zero-order chi connectivity index (χ0) is 22.9. The lowest BCUT2D eigenvalue weighted by molar-refractivity contribution is -0.120. The van der Waals surface area contributed by atoms with Gasteiger partial charge in [-0.05, 0) is 106 Å². The highest BCUT2D eigenvalue weighted by atomic mass is 16.2. The molecule has 3 heterocycles. The second kappa shape index (κ2) is 9.76. The zero-order valence-corrected chi connectivity index (χ0v) is 20.4. The molecule has 1 N–H and O–H groups in total. The number of likely N-dealkylation sites (tertiary alicyclic amines) is 1. The van der Waals surface area contributed by atoms with Crippen LogP contribution in [0, 0.1) is 29.1 Å². The first-order valence-corrected chi connectivity index (χ1v) is 13.4. The molecule has 0 bridgehead atoms. The molecule has 5 heteroatoms. The molecule has 1 saturated carbocycles. The van der Waals surface area contributed by atoms with Crippen molar-refractivity contribution in [1.82, 2.24) is 10.2 Å². The van der Waals surface area contributed by atoms with Gasteiger partial charge in [0.25, 0.3) is 0 Å². The molecule has 3 aliphatic heterocycles. The van der Waals surface area contributed by atoms with E-state index in [1.54, 1.807) is 0 Å². The summed E-state index contributed by atoms with van der Waals surface area (Å²) in [5.74, 6) is 2.47. The number of nitrogens with one attached hydrogen (secondary N) is 1. The van der Waals surface area contributed by atoms with Gasteiger partial charge in [-0.1, -0.05) is 13.8 Å². The number of hydrogen-bond donors (Lipinski definition) is 1. The summed E-state index contributed by atoms with van der Waals surface area (Å²) in [6.45, 7) is 9.02. The van der Waals surface area contributed by atoms with Crippen LogP contribution in [0.5, 0.6) is 0 Å². The number of nitrogens with zero attached hydrogens (tertiary/aromatic N) is 3. The van der Waals surface area contributed by atoms with E-state index >= 15 is 0 Å². The maximum Gasteiger partial charge on any atom is 0.234 e. The Morgan fingerprint density at radius 2 is 1.82 bits per heavy atom. The molecular weight excluding hydrogens is 408 g/mol. The molecule has 1 aliphatic carbocycles. The molecule has 5 rings (SSSR count). The normalized spacial score (nSPS) is 31.2. The van der Waals surface area contributed by atoms with E-state index in [4.69, 9.17) is 0 Å². The van der Waals surface area contributed by atoms with Gasteiger partial charge in [0.2, 0.25) is 5.91 Å². The van der Waals surface area contributed by atoms with Crippen LogP contribution in [-0.4, -0.2) is 49.1 Å². The fraction of sp³-hybridized carbons (Fsp3) is 0.714. The Morgan fingerprint density at radius 1 is 1.06 bits per heavy atom. The summed E-state index contributed by atoms with van der Waals surface area (Å²) in [5, 5.41) is 12.9. The number of benzene rings is 1. The van der Waals surface area contributed by atoms with Crippen LogP contribution in [0.15, 0.2) is 18.2 Å². The molecule has 2 saturated heterocycles. The van der Waals surface area contributed by atoms with Crippen LogP contribution in [-0.2, 0) is 4.79 Å². The first-order chi connectivity index (χ1) is 16.0. The highest BCUT2D eigenvalue weighted by Gasteiger charge is 2.43. The van der Waals surface area contributed by atoms with E-state index < -0.39 is 0 Å². The van der Waals surface area contributed by atoms with E-state index in [0.717, 1.165) is 81.0 Å². The second-order valence-electron chi connectivity index (χ2n) is 11.3. The van der Waals surface area contributed by atoms with Gasteiger partial charge in [0.15, 0.2) is 0 Å². The minimum atomic E-state index is -0.0810. The largest absolute Gasteiger partial charge is 0.316 e. The fourth-order valence-electron chi connectivity index (χ4n) is 7.04. The molecular formula is C28H40N4O. The van der Waals surface area contributed by atoms with Crippen LogP contribution in [0.25, 0.3) is 0 Å². The molecule has 0 aromatic heterocycles. The van der Waals surface area contributed by atoms with Gasteiger partial charge in [-0.2, -0.15) is 5.26 Å². The van der Waals surface area contributed by atoms with E-state index in [1.807, 2.05) is 18.2 Å². The van der Waals surface area contributed by atoms with Gasteiger partial charge < -0.3 is 15.1 Å². The molecule has 1 amide bonds. The van der Waals surface area contributed by atoms with Gasteiger partial charge in [0.1, 0.15) is 0 Å². The summed E-state index contributed by atoms with van der Waals surface area (Å²) in [6, 6.07) is 9.23. The van der Waals surface area contributed by atoms with Crippen LogP contribution in [0.2, 0.25) is 0 Å². The minimum absolute atomic E-state index is 0.0810. The number of fused-ring (bicyclic) bond motifs is 1. The van der Waals surface area contributed by atoms with Crippen molar-refractivity contribution in [2.24, 2.45) is 17.8 Å². The summed E-state index contributed by atoms with van der Waals surface area (Å²) in [4.78, 5) is 18.6. The average Bonchev–Trinajstić information content (AvgIpc) is 3.45. The maximum atomic E-state index is 13.7. The van der Waals surface area contributed by atoms with E-state index in [1.165, 1.54) is 25.7 Å². The van der Waals surface area contributed by atoms with Crippen molar-refractivity contribution in [2.45, 2.75) is 83.2 Å². The van der Waals surface area contributed by atoms with Crippen LogP contribution in [0.3, 0.4) is 0 Å². The smallest absolute Gasteiger partial charge is 0.234 e. The SMILES string of the molecule is CC(C)[C@H]1CC[C@@H](N2CCC(N3C(=O)C(CC4CCNC4)c4cc(C#N)ccc43)CC2)CC1. The number of rotatable bonds is 5. The summed E-state index contributed by atoms with van der Waals surface area (Å²) in [7, 11) is 0. The number of nitriles is 1. The van der Waals surface area contributed by atoms with Crippen molar-refractivity contribution in [3.8, 4) is 6.07 Å². The third-order valence-electron chi connectivity index (χ3n) is 9.12. The Kier molecular flexibility index (Phi) is 6.77. The zero-order valence-electron chi connectivity index (χ0n) is 20.4. The van der Waals surface area contributed by atoms with E-state index in [-0.39, 0.29) is 11.8 Å². The summed E-state index contributed by atoms with van der Waals surface area (Å²) < 4.78 is 0. The molecule has 2 unspecified atom stereocenters. The maximum absolute atomic E-state index is 13.7. The first-order valence-electron chi connectivity index (χ1n) is 13.4. The average molecular weight is 449 g/mol. The van der Waals surface area contributed by atoms with Crippen LogP contribution in [0.1, 0.15) is 82.3 Å². The van der Waals surface area contributed by atoms with E-state index in [0.29, 0.717) is 17.5 Å². The molecule has 4 aliphatic rings. The Labute approximate surface area is 199 Å². The fourth-order valence-corrected chi connectivity index (χ4v) is 7.04. The minimum Gasteiger partial charge on any atom is -0.316 e. The predicted molar refractivity (Wildman–Crippen MR) is 132 cm³/mol. The van der Waals surface area contributed by atoms with Gasteiger partial charge in [0, 0.05) is 30.9 Å². The molecule has 5 nitrogen and oxygen atoms in total. The quantitative estimate of drug-likeness (QED) is 0.711. The number of amides is 1. The highest BCUT2D eigenvalue weighted by molar-refractivity contribution is 6.05. The Hall–Kier alpha value is -1.90. The molecule has 0 radical (unpaired) electrons. The summed E-state index contributed by atoms with van der Waals surface area (Å²) in [6.07, 6.45) is 9.61. The van der Waals surface area contributed by atoms with Crippen LogP contribution < -0.4 is 10.2 Å². The van der Waals surface area contributed by atoms with Crippen molar-refractivity contribution < 1.29 is 4.79 Å². The Morgan fingerprint density at radius 3 is 2.45 bits per heavy atom. The van der Waals surface area contributed by atoms with Gasteiger partial charge in [-0.15, -0.1) is 0 Å². The van der Waals surface area contributed by atoms with Crippen molar-refractivity contribution in [3.05, 3.63) is 29.3 Å². The van der Waals surface area contributed by atoms with E-state index in [2.05, 4.69) is 35.0 Å². The Balaban J connectivity index is 1.27. The monoisotopic (exact) mass is 448 g/mol. The van der Waals surface area contributed by atoms with Gasteiger partial charge >= 0.3 is 0 Å². The molecule has 178 valence electrons. The molecule has 1 aromatic rings. The summed E-state index contributed by atoms with van der Waals surface area (Å²) in [5.41, 5.74) is 2.84. The molecule has 3 fully saturated rings. The van der Waals surface area contributed by atoms with Gasteiger partial charge in [-0.3, -0.25) is 4.79 Å². The topological polar surface area (TPSA) is 59.4 Å². The lowest BCUT2D eigenvalue weighted by Gasteiger charge is -2.43. The number of hydrogen-bond acceptors (Lipinski definition) is 4. The van der Waals surface area contributed by atoms with Crippen LogP contribution in [0.4, 0.5) is 5.69 Å². The Bertz CT molecular complexity index is 884. The summed E-state index contributed by atoms with van der Waals surface area (Å²) >= 11 is 0. The van der Waals surface area contributed by atoms with Crippen molar-refractivity contribution >= 4 is 11.6 Å². The number of piperidine rings is 1. The highest BCUT2D eigenvalue weighted by Crippen LogP contribution is 2.44. The van der Waals surface area contributed by atoms with E-state index in [9.17, 15) is 10.1 Å². The third kappa shape index (κ3) is 4.57. The number of anilines is 1. The first kappa shape index (κ1) is 22.9. The molecule has 0 spiro atoms. The van der Waals surface area contributed by atoms with Crippen molar-refractivity contribution in [2.75, 3.05) is 31.1 Å². The second-order valence-corrected chi connectivity index (χ2v) is 11.3. The predicted octanol–water partition coefficient (Wildman–Crippen LogP) is 4.67. The number of carbonyl (C=O) groups is 1. The molecule has 33 heavy (non-hydrogen) atoms. The molecule has 2 atom stereocenters. The van der Waals surface area contributed by atoms with Gasteiger partial charge in [-0.25, -0.2) is 0 Å². The third-order valence-corrected chi connectivity index (χ3v) is 9.12. The lowest BCUT2D eigenvalue weighted by Crippen LogP contribution is -2.50. The van der Waals surface area contributed by atoms with Crippen molar-refractivity contribution in [1.29, 1.82) is 5.26 Å². The van der Waals surface area contributed by atoms with Crippen molar-refractivity contribution in [3.63, 3.8) is 0 Å². The number of carbonyl (C=O) groups excluding carboxylic acids is 1. The standard InChI is InChI=1S/C28H40N4O/c1-19(2)22-4-6-23(7-5-22)31-13-10-24(11-14-31)32-27-8-3-20(17-29)15-25(27)26(28(32)33)16-21-9-12-30-18-21/h3,8,15,19,21-24,26,30H,4-7,9-14,16,18H2,1-2H3/t21?,22-,23+,26?. The van der Waals surface area contributed by atoms with Gasteiger partial charge in [0.05, 0.1) is 17.6 Å². The van der Waals surface area contributed by atoms with Crippen LogP contribution >= 0.6 is 0 Å².